The second-order valence-corrected chi connectivity index (χ2v) is 8.80. The summed E-state index contributed by atoms with van der Waals surface area (Å²) in [7, 11) is -1.64. The fraction of sp³-hybridized carbons (Fsp3) is 0.316. The summed E-state index contributed by atoms with van der Waals surface area (Å²) < 4.78 is 31.7. The van der Waals surface area contributed by atoms with E-state index in [2.05, 4.69) is 9.97 Å². The van der Waals surface area contributed by atoms with E-state index in [1.807, 2.05) is 24.3 Å². The summed E-state index contributed by atoms with van der Waals surface area (Å²) in [6, 6.07) is 7.47. The van der Waals surface area contributed by atoms with E-state index in [9.17, 15) is 13.2 Å². The largest absolute Gasteiger partial charge is 0.497 e. The van der Waals surface area contributed by atoms with E-state index in [0.29, 0.717) is 30.1 Å². The highest BCUT2D eigenvalue weighted by molar-refractivity contribution is 7.88. The van der Waals surface area contributed by atoms with Crippen molar-refractivity contribution in [2.75, 3.05) is 39.5 Å². The lowest BCUT2D eigenvalue weighted by Gasteiger charge is -2.32. The molecule has 29 heavy (non-hydrogen) atoms. The normalized spacial score (nSPS) is 15.6. The Labute approximate surface area is 168 Å². The number of piperazine rings is 1. The number of aromatic nitrogens is 3. The van der Waals surface area contributed by atoms with Crippen LogP contribution in [0.4, 0.5) is 0 Å². The van der Waals surface area contributed by atoms with Crippen LogP contribution in [0, 0.1) is 0 Å². The Balaban J connectivity index is 1.60. The van der Waals surface area contributed by atoms with E-state index < -0.39 is 10.0 Å². The molecule has 0 atom stereocenters. The zero-order valence-corrected chi connectivity index (χ0v) is 17.0. The molecule has 3 heterocycles. The van der Waals surface area contributed by atoms with Gasteiger partial charge in [0.2, 0.25) is 10.0 Å². The molecule has 152 valence electrons. The molecule has 0 N–H and O–H groups in total. The van der Waals surface area contributed by atoms with Crippen LogP contribution in [0.1, 0.15) is 10.5 Å². The number of imidazole rings is 1. The van der Waals surface area contributed by atoms with Gasteiger partial charge in [0.05, 0.1) is 13.4 Å². The topological polar surface area (TPSA) is 97.1 Å². The van der Waals surface area contributed by atoms with Gasteiger partial charge in [-0.2, -0.15) is 4.31 Å². The standard InChI is InChI=1S/C19H21N5O4S/c1-28-15-5-3-14(4-6-15)17-18-21-16(13-23(18)8-7-20-17)19(25)22-9-11-24(12-10-22)29(2,26)27/h3-8,13H,9-12H2,1-2H3. The van der Waals surface area contributed by atoms with Gasteiger partial charge in [0.25, 0.3) is 5.91 Å². The molecule has 10 heteroatoms. The van der Waals surface area contributed by atoms with Crippen LogP contribution in [-0.2, 0) is 10.0 Å². The molecule has 3 aromatic rings. The highest BCUT2D eigenvalue weighted by Crippen LogP contribution is 2.24. The van der Waals surface area contributed by atoms with Gasteiger partial charge in [-0.1, -0.05) is 0 Å². The number of sulfonamides is 1. The lowest BCUT2D eigenvalue weighted by Crippen LogP contribution is -2.50. The minimum absolute atomic E-state index is 0.220. The number of hydrogen-bond donors (Lipinski definition) is 0. The molecule has 0 saturated carbocycles. The second-order valence-electron chi connectivity index (χ2n) is 6.82. The molecule has 4 rings (SSSR count). The summed E-state index contributed by atoms with van der Waals surface area (Å²) in [4.78, 5) is 23.5. The first-order valence-corrected chi connectivity index (χ1v) is 10.9. The number of rotatable bonds is 4. The first kappa shape index (κ1) is 19.3. The monoisotopic (exact) mass is 415 g/mol. The number of carbonyl (C=O) groups excluding carboxylic acids is 1. The van der Waals surface area contributed by atoms with E-state index >= 15 is 0 Å². The Hall–Kier alpha value is -2.98. The van der Waals surface area contributed by atoms with Crippen molar-refractivity contribution in [3.8, 4) is 17.0 Å². The number of amides is 1. The second kappa shape index (κ2) is 7.45. The lowest BCUT2D eigenvalue weighted by molar-refractivity contribution is 0.0693. The van der Waals surface area contributed by atoms with E-state index in [1.165, 1.54) is 10.6 Å². The zero-order chi connectivity index (χ0) is 20.6. The van der Waals surface area contributed by atoms with E-state index in [0.717, 1.165) is 11.3 Å². The molecule has 1 amide bonds. The number of hydrogen-bond acceptors (Lipinski definition) is 6. The Morgan fingerprint density at radius 3 is 2.41 bits per heavy atom. The molecule has 1 fully saturated rings. The van der Waals surface area contributed by atoms with Crippen LogP contribution >= 0.6 is 0 Å². The van der Waals surface area contributed by atoms with Gasteiger partial charge < -0.3 is 14.0 Å². The van der Waals surface area contributed by atoms with E-state index in [1.54, 1.807) is 35.0 Å². The van der Waals surface area contributed by atoms with Gasteiger partial charge >= 0.3 is 0 Å². The average Bonchev–Trinajstić information content (AvgIpc) is 3.17. The van der Waals surface area contributed by atoms with Crippen LogP contribution in [0.2, 0.25) is 0 Å². The summed E-state index contributed by atoms with van der Waals surface area (Å²) in [5.41, 5.74) is 2.41. The summed E-state index contributed by atoms with van der Waals surface area (Å²) in [6.45, 7) is 1.25. The van der Waals surface area contributed by atoms with Crippen molar-refractivity contribution >= 4 is 21.6 Å². The summed E-state index contributed by atoms with van der Waals surface area (Å²) >= 11 is 0. The Morgan fingerprint density at radius 1 is 1.10 bits per heavy atom. The quantitative estimate of drug-likeness (QED) is 0.634. The molecule has 2 aromatic heterocycles. The fourth-order valence-electron chi connectivity index (χ4n) is 3.36. The number of nitrogens with zero attached hydrogens (tertiary/aromatic N) is 5. The fourth-order valence-corrected chi connectivity index (χ4v) is 4.19. The van der Waals surface area contributed by atoms with Crippen molar-refractivity contribution in [1.82, 2.24) is 23.6 Å². The van der Waals surface area contributed by atoms with E-state index in [4.69, 9.17) is 4.74 Å². The Kier molecular flexibility index (Phi) is 4.97. The maximum absolute atomic E-state index is 12.9. The van der Waals surface area contributed by atoms with Gasteiger partial charge in [0.1, 0.15) is 17.1 Å². The zero-order valence-electron chi connectivity index (χ0n) is 16.1. The molecule has 0 aliphatic carbocycles. The molecule has 0 bridgehead atoms. The smallest absolute Gasteiger partial charge is 0.274 e. The summed E-state index contributed by atoms with van der Waals surface area (Å²) in [6.07, 6.45) is 6.26. The third kappa shape index (κ3) is 3.81. The molecule has 0 unspecified atom stereocenters. The number of benzene rings is 1. The van der Waals surface area contributed by atoms with Gasteiger partial charge in [-0.15, -0.1) is 0 Å². The Morgan fingerprint density at radius 2 is 1.79 bits per heavy atom. The van der Waals surface area contributed by atoms with Crippen molar-refractivity contribution in [3.05, 3.63) is 48.5 Å². The SMILES string of the molecule is COc1ccc(-c2nccn3cc(C(=O)N4CCN(S(C)(=O)=O)CC4)nc23)cc1. The van der Waals surface area contributed by atoms with Crippen LogP contribution in [0.5, 0.6) is 5.75 Å². The third-order valence-corrected chi connectivity index (χ3v) is 6.26. The Bertz CT molecular complexity index is 1150. The van der Waals surface area contributed by atoms with Gasteiger partial charge in [-0.3, -0.25) is 9.78 Å². The van der Waals surface area contributed by atoms with Gasteiger partial charge in [0.15, 0.2) is 5.65 Å². The molecule has 1 aliphatic rings. The lowest BCUT2D eigenvalue weighted by atomic mass is 10.1. The molecule has 1 aromatic carbocycles. The van der Waals surface area contributed by atoms with Gasteiger partial charge in [-0.05, 0) is 24.3 Å². The maximum Gasteiger partial charge on any atom is 0.274 e. The van der Waals surface area contributed by atoms with Gasteiger partial charge in [-0.25, -0.2) is 13.4 Å². The number of ether oxygens (including phenoxy) is 1. The predicted octanol–water partition coefficient (Wildman–Crippen LogP) is 1.12. The number of methoxy groups -OCH3 is 1. The highest BCUT2D eigenvalue weighted by Gasteiger charge is 2.28. The molecular weight excluding hydrogens is 394 g/mol. The molecule has 9 nitrogen and oxygen atoms in total. The van der Waals surface area contributed by atoms with Gasteiger partial charge in [0, 0.05) is 50.3 Å². The van der Waals surface area contributed by atoms with Crippen LogP contribution < -0.4 is 4.74 Å². The number of fused-ring (bicyclic) bond motifs is 1. The van der Waals surface area contributed by atoms with Crippen LogP contribution in [0.15, 0.2) is 42.9 Å². The van der Waals surface area contributed by atoms with Crippen molar-refractivity contribution in [1.29, 1.82) is 0 Å². The first-order chi connectivity index (χ1) is 13.9. The first-order valence-electron chi connectivity index (χ1n) is 9.09. The van der Waals surface area contributed by atoms with Crippen molar-refractivity contribution in [2.24, 2.45) is 0 Å². The minimum Gasteiger partial charge on any atom is -0.497 e. The van der Waals surface area contributed by atoms with Crippen molar-refractivity contribution < 1.29 is 17.9 Å². The molecule has 1 aliphatic heterocycles. The molecule has 1 saturated heterocycles. The highest BCUT2D eigenvalue weighted by atomic mass is 32.2. The molecular formula is C19H21N5O4S. The van der Waals surface area contributed by atoms with Crippen molar-refractivity contribution in [2.45, 2.75) is 0 Å². The molecule has 0 spiro atoms. The van der Waals surface area contributed by atoms with Crippen LogP contribution in [0.25, 0.3) is 16.9 Å². The number of carbonyl (C=O) groups is 1. The van der Waals surface area contributed by atoms with Crippen LogP contribution in [0.3, 0.4) is 0 Å². The maximum atomic E-state index is 12.9. The van der Waals surface area contributed by atoms with Crippen molar-refractivity contribution in [3.63, 3.8) is 0 Å². The average molecular weight is 415 g/mol. The molecule has 0 radical (unpaired) electrons. The van der Waals surface area contributed by atoms with Crippen LogP contribution in [-0.4, -0.2) is 77.4 Å². The summed E-state index contributed by atoms with van der Waals surface area (Å²) in [5, 5.41) is 0. The van der Waals surface area contributed by atoms with E-state index in [-0.39, 0.29) is 19.0 Å². The predicted molar refractivity (Wildman–Crippen MR) is 107 cm³/mol. The summed E-state index contributed by atoms with van der Waals surface area (Å²) in [5.74, 6) is 0.524. The minimum atomic E-state index is -3.24. The third-order valence-electron chi connectivity index (χ3n) is 4.95.